The Kier molecular flexibility index (Phi) is 3.49. The topological polar surface area (TPSA) is 58.6 Å². The van der Waals surface area contributed by atoms with Gasteiger partial charge in [-0.1, -0.05) is 13.3 Å². The highest BCUT2D eigenvalue weighted by Gasteiger charge is 2.25. The molecule has 1 heterocycles. The highest BCUT2D eigenvalue weighted by Crippen LogP contribution is 2.12. The molecule has 0 aromatic carbocycles. The zero-order valence-electron chi connectivity index (χ0n) is 7.25. The smallest absolute Gasteiger partial charge is 0.348 e. The van der Waals surface area contributed by atoms with E-state index in [2.05, 4.69) is 12.2 Å². The van der Waals surface area contributed by atoms with Crippen LogP contribution in [0.3, 0.4) is 0 Å². The quantitative estimate of drug-likeness (QED) is 0.655. The van der Waals surface area contributed by atoms with Crippen molar-refractivity contribution in [1.29, 1.82) is 0 Å². The van der Waals surface area contributed by atoms with E-state index in [1.807, 2.05) is 0 Å². The molecule has 0 radical (unpaired) electrons. The summed E-state index contributed by atoms with van der Waals surface area (Å²) in [4.78, 5) is 10.5. The Hall–Kier alpha value is -0.610. The molecule has 2 atom stereocenters. The molecule has 4 heteroatoms. The molecule has 1 aliphatic rings. The van der Waals surface area contributed by atoms with Crippen molar-refractivity contribution in [2.75, 3.05) is 6.54 Å². The van der Waals surface area contributed by atoms with Crippen molar-refractivity contribution in [3.05, 3.63) is 0 Å². The van der Waals surface area contributed by atoms with Gasteiger partial charge in [-0.2, -0.15) is 0 Å². The van der Waals surface area contributed by atoms with Crippen LogP contribution in [0.15, 0.2) is 0 Å². The molecule has 0 saturated carbocycles. The van der Waals surface area contributed by atoms with Crippen LogP contribution in [-0.2, 0) is 9.53 Å². The summed E-state index contributed by atoms with van der Waals surface area (Å²) < 4.78 is 5.28. The molecule has 0 bridgehead atoms. The maximum Gasteiger partial charge on any atom is 0.348 e. The van der Waals surface area contributed by atoms with E-state index in [0.29, 0.717) is 0 Å². The molecule has 1 rings (SSSR count). The van der Waals surface area contributed by atoms with Crippen molar-refractivity contribution in [1.82, 2.24) is 5.32 Å². The van der Waals surface area contributed by atoms with Crippen molar-refractivity contribution >= 4 is 5.97 Å². The molecule has 1 fully saturated rings. The second-order valence-corrected chi connectivity index (χ2v) is 3.01. The number of aliphatic carboxylic acids is 1. The second-order valence-electron chi connectivity index (χ2n) is 3.01. The van der Waals surface area contributed by atoms with Crippen LogP contribution in [0.1, 0.15) is 26.2 Å². The summed E-state index contributed by atoms with van der Waals surface area (Å²) in [5.74, 6) is -0.921. The molecule has 0 spiro atoms. The summed E-state index contributed by atoms with van der Waals surface area (Å²) in [6, 6.07) is 0. The zero-order chi connectivity index (χ0) is 8.97. The Morgan fingerprint density at radius 2 is 2.50 bits per heavy atom. The van der Waals surface area contributed by atoms with E-state index >= 15 is 0 Å². The molecule has 2 N–H and O–H groups in total. The van der Waals surface area contributed by atoms with Crippen molar-refractivity contribution < 1.29 is 14.6 Å². The number of carbonyl (C=O) groups is 1. The standard InChI is InChI=1S/C8H15NO3/c1-2-3-6-4-5-9-7(12-6)8(10)11/h6-7,9H,2-5H2,1H3,(H,10,11). The number of ether oxygens (including phenoxy) is 1. The Labute approximate surface area is 71.9 Å². The third-order valence-corrected chi connectivity index (χ3v) is 1.96. The van der Waals surface area contributed by atoms with Crippen LogP contribution < -0.4 is 5.32 Å². The van der Waals surface area contributed by atoms with Crippen LogP contribution in [0.2, 0.25) is 0 Å². The van der Waals surface area contributed by atoms with E-state index in [1.165, 1.54) is 0 Å². The van der Waals surface area contributed by atoms with Crippen molar-refractivity contribution in [3.63, 3.8) is 0 Å². The lowest BCUT2D eigenvalue weighted by Crippen LogP contribution is -2.47. The molecule has 4 nitrogen and oxygen atoms in total. The molecule has 70 valence electrons. The lowest BCUT2D eigenvalue weighted by molar-refractivity contribution is -0.162. The SMILES string of the molecule is CCCC1CCNC(C(=O)O)O1. The van der Waals surface area contributed by atoms with Crippen LogP contribution in [0.25, 0.3) is 0 Å². The van der Waals surface area contributed by atoms with Crippen molar-refractivity contribution in [2.24, 2.45) is 0 Å². The summed E-state index contributed by atoms with van der Waals surface area (Å²) in [5.41, 5.74) is 0. The van der Waals surface area contributed by atoms with E-state index in [9.17, 15) is 4.79 Å². The fourth-order valence-electron chi connectivity index (χ4n) is 1.36. The fraction of sp³-hybridized carbons (Fsp3) is 0.875. The second kappa shape index (κ2) is 4.42. The van der Waals surface area contributed by atoms with E-state index in [4.69, 9.17) is 9.84 Å². The molecular formula is C8H15NO3. The number of carboxylic acid groups (broad SMARTS) is 1. The van der Waals surface area contributed by atoms with Crippen LogP contribution in [0.5, 0.6) is 0 Å². The molecule has 0 aromatic rings. The minimum Gasteiger partial charge on any atom is -0.478 e. The minimum absolute atomic E-state index is 0.123. The first-order chi connectivity index (χ1) is 5.74. The van der Waals surface area contributed by atoms with Crippen LogP contribution in [0.4, 0.5) is 0 Å². The third kappa shape index (κ3) is 2.46. The molecule has 0 amide bonds. The highest BCUT2D eigenvalue weighted by molar-refractivity contribution is 5.71. The van der Waals surface area contributed by atoms with Crippen LogP contribution >= 0.6 is 0 Å². The first-order valence-corrected chi connectivity index (χ1v) is 4.35. The molecular weight excluding hydrogens is 158 g/mol. The number of rotatable bonds is 3. The predicted molar refractivity (Wildman–Crippen MR) is 43.8 cm³/mol. The normalized spacial score (nSPS) is 30.1. The van der Waals surface area contributed by atoms with Crippen LogP contribution in [-0.4, -0.2) is 30.0 Å². The maximum atomic E-state index is 10.5. The van der Waals surface area contributed by atoms with E-state index in [-0.39, 0.29) is 6.10 Å². The van der Waals surface area contributed by atoms with Gasteiger partial charge in [-0.05, 0) is 12.8 Å². The Morgan fingerprint density at radius 3 is 3.08 bits per heavy atom. The maximum absolute atomic E-state index is 10.5. The van der Waals surface area contributed by atoms with Gasteiger partial charge in [0.1, 0.15) is 0 Å². The number of nitrogens with one attached hydrogen (secondary N) is 1. The van der Waals surface area contributed by atoms with Crippen molar-refractivity contribution in [2.45, 2.75) is 38.5 Å². The molecule has 1 aliphatic heterocycles. The minimum atomic E-state index is -0.921. The average molecular weight is 173 g/mol. The third-order valence-electron chi connectivity index (χ3n) is 1.96. The average Bonchev–Trinajstić information content (AvgIpc) is 2.05. The zero-order valence-corrected chi connectivity index (χ0v) is 7.25. The summed E-state index contributed by atoms with van der Waals surface area (Å²) in [5, 5.41) is 11.4. The summed E-state index contributed by atoms with van der Waals surface area (Å²) in [7, 11) is 0. The van der Waals surface area contributed by atoms with Gasteiger partial charge in [0, 0.05) is 6.54 Å². The Balaban J connectivity index is 2.35. The summed E-state index contributed by atoms with van der Waals surface area (Å²) in [6.45, 7) is 2.81. The summed E-state index contributed by atoms with van der Waals surface area (Å²) in [6.07, 6.45) is 2.23. The van der Waals surface area contributed by atoms with Gasteiger partial charge in [0.15, 0.2) is 0 Å². The van der Waals surface area contributed by atoms with Crippen LogP contribution in [0, 0.1) is 0 Å². The van der Waals surface area contributed by atoms with E-state index < -0.39 is 12.2 Å². The molecule has 1 saturated heterocycles. The molecule has 0 aliphatic carbocycles. The first-order valence-electron chi connectivity index (χ1n) is 4.35. The van der Waals surface area contributed by atoms with Gasteiger partial charge in [0.05, 0.1) is 6.10 Å². The monoisotopic (exact) mass is 173 g/mol. The van der Waals surface area contributed by atoms with Gasteiger partial charge in [-0.3, -0.25) is 5.32 Å². The first kappa shape index (κ1) is 9.48. The van der Waals surface area contributed by atoms with Gasteiger partial charge >= 0.3 is 5.97 Å². The largest absolute Gasteiger partial charge is 0.478 e. The molecule has 2 unspecified atom stereocenters. The van der Waals surface area contributed by atoms with Gasteiger partial charge in [-0.15, -0.1) is 0 Å². The predicted octanol–water partition coefficient (Wildman–Crippen LogP) is 0.576. The number of carboxylic acids is 1. The molecule has 12 heavy (non-hydrogen) atoms. The Bertz CT molecular complexity index is 158. The highest BCUT2D eigenvalue weighted by atomic mass is 16.5. The fourth-order valence-corrected chi connectivity index (χ4v) is 1.36. The number of hydrogen-bond donors (Lipinski definition) is 2. The lowest BCUT2D eigenvalue weighted by Gasteiger charge is -2.28. The Morgan fingerprint density at radius 1 is 1.75 bits per heavy atom. The van der Waals surface area contributed by atoms with Gasteiger partial charge in [-0.25, -0.2) is 4.79 Å². The van der Waals surface area contributed by atoms with E-state index in [1.54, 1.807) is 0 Å². The van der Waals surface area contributed by atoms with Crippen molar-refractivity contribution in [3.8, 4) is 0 Å². The number of hydrogen-bond acceptors (Lipinski definition) is 3. The van der Waals surface area contributed by atoms with Gasteiger partial charge in [0.2, 0.25) is 6.23 Å². The lowest BCUT2D eigenvalue weighted by atomic mass is 10.1. The molecule has 0 aromatic heterocycles. The van der Waals surface area contributed by atoms with Gasteiger partial charge in [0.25, 0.3) is 0 Å². The summed E-state index contributed by atoms with van der Waals surface area (Å²) >= 11 is 0. The van der Waals surface area contributed by atoms with Gasteiger partial charge < -0.3 is 9.84 Å². The van der Waals surface area contributed by atoms with E-state index in [0.717, 1.165) is 25.8 Å².